The number of benzene rings is 1. The first-order valence-corrected chi connectivity index (χ1v) is 5.43. The molecule has 94 valence electrons. The topological polar surface area (TPSA) is 55.6 Å². The average molecular weight is 240 g/mol. The van der Waals surface area contributed by atoms with E-state index in [9.17, 15) is 9.18 Å². The van der Waals surface area contributed by atoms with Crippen LogP contribution < -0.4 is 10.5 Å². The molecule has 2 N–H and O–H groups in total. The number of carbonyl (C=O) groups is 1. The Bertz CT molecular complexity index is 396. The van der Waals surface area contributed by atoms with Gasteiger partial charge < -0.3 is 15.4 Å². The normalized spacial score (nSPS) is 10.1. The molecule has 1 rings (SSSR count). The molecule has 0 aliphatic heterocycles. The highest BCUT2D eigenvalue weighted by Crippen LogP contribution is 2.18. The number of nitrogens with two attached hydrogens (primary N) is 1. The van der Waals surface area contributed by atoms with Gasteiger partial charge in [-0.25, -0.2) is 4.39 Å². The highest BCUT2D eigenvalue weighted by atomic mass is 19.1. The number of amides is 1. The summed E-state index contributed by atoms with van der Waals surface area (Å²) in [5.41, 5.74) is 6.07. The van der Waals surface area contributed by atoms with Gasteiger partial charge in [-0.15, -0.1) is 0 Å². The van der Waals surface area contributed by atoms with Crippen molar-refractivity contribution >= 4 is 5.91 Å². The summed E-state index contributed by atoms with van der Waals surface area (Å²) in [6, 6.07) is 4.46. The Balaban J connectivity index is 2.61. The van der Waals surface area contributed by atoms with E-state index in [2.05, 4.69) is 0 Å². The summed E-state index contributed by atoms with van der Waals surface area (Å²) in [5.74, 6) is -0.616. The number of hydrogen-bond acceptors (Lipinski definition) is 3. The smallest absolute Gasteiger partial charge is 0.260 e. The van der Waals surface area contributed by atoms with E-state index >= 15 is 0 Å². The fourth-order valence-electron chi connectivity index (χ4n) is 1.21. The number of hydrogen-bond donors (Lipinski definition) is 1. The van der Waals surface area contributed by atoms with Gasteiger partial charge in [0.25, 0.3) is 5.91 Å². The molecule has 0 bridgehead atoms. The van der Waals surface area contributed by atoms with E-state index in [0.29, 0.717) is 12.1 Å². The molecule has 0 aromatic heterocycles. The van der Waals surface area contributed by atoms with Gasteiger partial charge >= 0.3 is 0 Å². The maximum absolute atomic E-state index is 13.5. The second-order valence-electron chi connectivity index (χ2n) is 3.67. The fraction of sp³-hybridized carbons (Fsp3) is 0.417. The Morgan fingerprint density at radius 1 is 1.53 bits per heavy atom. The van der Waals surface area contributed by atoms with E-state index in [1.54, 1.807) is 13.1 Å². The third-order valence-corrected chi connectivity index (χ3v) is 2.48. The molecular formula is C12H17FN2O2. The first-order chi connectivity index (χ1) is 8.08. The third kappa shape index (κ3) is 3.71. The lowest BCUT2D eigenvalue weighted by molar-refractivity contribution is -0.131. The van der Waals surface area contributed by atoms with E-state index < -0.39 is 5.82 Å². The quantitative estimate of drug-likeness (QED) is 0.839. The third-order valence-electron chi connectivity index (χ3n) is 2.48. The highest BCUT2D eigenvalue weighted by molar-refractivity contribution is 5.77. The Kier molecular flexibility index (Phi) is 4.90. The number of carbonyl (C=O) groups excluding carboxylic acids is 1. The van der Waals surface area contributed by atoms with Crippen LogP contribution >= 0.6 is 0 Å². The zero-order chi connectivity index (χ0) is 12.8. The van der Waals surface area contributed by atoms with Crippen molar-refractivity contribution in [3.8, 4) is 5.75 Å². The summed E-state index contributed by atoms with van der Waals surface area (Å²) in [4.78, 5) is 12.9. The van der Waals surface area contributed by atoms with Gasteiger partial charge in [-0.2, -0.15) is 0 Å². The largest absolute Gasteiger partial charge is 0.481 e. The number of rotatable bonds is 5. The zero-order valence-electron chi connectivity index (χ0n) is 10.1. The molecule has 5 heteroatoms. The van der Waals surface area contributed by atoms with E-state index in [4.69, 9.17) is 10.5 Å². The van der Waals surface area contributed by atoms with Crippen LogP contribution in [0, 0.1) is 5.82 Å². The van der Waals surface area contributed by atoms with Crippen molar-refractivity contribution in [2.24, 2.45) is 5.73 Å². The molecule has 4 nitrogen and oxygen atoms in total. The van der Waals surface area contributed by atoms with Gasteiger partial charge in [0.05, 0.1) is 0 Å². The molecule has 17 heavy (non-hydrogen) atoms. The van der Waals surface area contributed by atoms with E-state index in [-0.39, 0.29) is 24.8 Å². The molecule has 0 fully saturated rings. The van der Waals surface area contributed by atoms with Crippen molar-refractivity contribution in [1.82, 2.24) is 4.90 Å². The standard InChI is InChI=1S/C12H17FN2O2/c1-3-15(2)12(16)8-17-11-5-4-9(7-14)6-10(11)13/h4-6H,3,7-8,14H2,1-2H3. The van der Waals surface area contributed by atoms with E-state index in [1.165, 1.54) is 17.0 Å². The van der Waals surface area contributed by atoms with Crippen LogP contribution in [0.25, 0.3) is 0 Å². The van der Waals surface area contributed by atoms with Crippen LogP contribution in [-0.2, 0) is 11.3 Å². The first-order valence-electron chi connectivity index (χ1n) is 5.43. The van der Waals surface area contributed by atoms with Crippen LogP contribution in [0.2, 0.25) is 0 Å². The Labute approximate surface area is 100 Å². The summed E-state index contributed by atoms with van der Waals surface area (Å²) >= 11 is 0. The van der Waals surface area contributed by atoms with Gasteiger partial charge in [-0.1, -0.05) is 6.07 Å². The van der Waals surface area contributed by atoms with Crippen molar-refractivity contribution in [3.63, 3.8) is 0 Å². The van der Waals surface area contributed by atoms with Gasteiger partial charge in [0.2, 0.25) is 0 Å². The predicted octanol–water partition coefficient (Wildman–Crippen LogP) is 1.14. The molecule has 0 aliphatic carbocycles. The van der Waals surface area contributed by atoms with Crippen LogP contribution in [0.1, 0.15) is 12.5 Å². The molecule has 0 heterocycles. The highest BCUT2D eigenvalue weighted by Gasteiger charge is 2.10. The monoisotopic (exact) mass is 240 g/mol. The summed E-state index contributed by atoms with van der Waals surface area (Å²) < 4.78 is 18.6. The van der Waals surface area contributed by atoms with Crippen molar-refractivity contribution in [1.29, 1.82) is 0 Å². The van der Waals surface area contributed by atoms with E-state index in [0.717, 1.165) is 0 Å². The lowest BCUT2D eigenvalue weighted by atomic mass is 10.2. The SMILES string of the molecule is CCN(C)C(=O)COc1ccc(CN)cc1F. The van der Waals surface area contributed by atoms with Crippen LogP contribution in [0.4, 0.5) is 4.39 Å². The second-order valence-corrected chi connectivity index (χ2v) is 3.67. The molecule has 0 spiro atoms. The lowest BCUT2D eigenvalue weighted by Crippen LogP contribution is -2.31. The van der Waals surface area contributed by atoms with Gasteiger partial charge in [0, 0.05) is 20.1 Å². The number of ether oxygens (including phenoxy) is 1. The fourth-order valence-corrected chi connectivity index (χ4v) is 1.21. The molecule has 1 amide bonds. The van der Waals surface area contributed by atoms with Gasteiger partial charge in [-0.3, -0.25) is 4.79 Å². The van der Waals surface area contributed by atoms with Gasteiger partial charge in [-0.05, 0) is 24.6 Å². The maximum atomic E-state index is 13.5. The molecule has 1 aromatic carbocycles. The summed E-state index contributed by atoms with van der Waals surface area (Å²) in [5, 5.41) is 0. The van der Waals surface area contributed by atoms with Crippen molar-refractivity contribution in [3.05, 3.63) is 29.6 Å². The molecule has 0 atom stereocenters. The van der Waals surface area contributed by atoms with E-state index in [1.807, 2.05) is 6.92 Å². The summed E-state index contributed by atoms with van der Waals surface area (Å²) in [6.45, 7) is 2.56. The zero-order valence-corrected chi connectivity index (χ0v) is 10.1. The van der Waals surface area contributed by atoms with Crippen molar-refractivity contribution in [2.45, 2.75) is 13.5 Å². The minimum atomic E-state index is -0.500. The molecule has 0 saturated carbocycles. The Hall–Kier alpha value is -1.62. The molecule has 0 saturated heterocycles. The second kappa shape index (κ2) is 6.20. The van der Waals surface area contributed by atoms with Crippen LogP contribution in [0.3, 0.4) is 0 Å². The minimum absolute atomic E-state index is 0.0695. The summed E-state index contributed by atoms with van der Waals surface area (Å²) in [6.07, 6.45) is 0. The molecule has 0 unspecified atom stereocenters. The first kappa shape index (κ1) is 13.4. The summed E-state index contributed by atoms with van der Waals surface area (Å²) in [7, 11) is 1.67. The lowest BCUT2D eigenvalue weighted by Gasteiger charge is -2.15. The Morgan fingerprint density at radius 3 is 2.76 bits per heavy atom. The van der Waals surface area contributed by atoms with Gasteiger partial charge in [0.1, 0.15) is 0 Å². The van der Waals surface area contributed by atoms with Crippen LogP contribution in [0.15, 0.2) is 18.2 Å². The number of halogens is 1. The van der Waals surface area contributed by atoms with Crippen molar-refractivity contribution < 1.29 is 13.9 Å². The molecular weight excluding hydrogens is 223 g/mol. The molecule has 0 radical (unpaired) electrons. The maximum Gasteiger partial charge on any atom is 0.260 e. The minimum Gasteiger partial charge on any atom is -0.481 e. The van der Waals surface area contributed by atoms with Crippen molar-refractivity contribution in [2.75, 3.05) is 20.2 Å². The van der Waals surface area contributed by atoms with Crippen LogP contribution in [-0.4, -0.2) is 31.0 Å². The van der Waals surface area contributed by atoms with Gasteiger partial charge in [0.15, 0.2) is 18.2 Å². The molecule has 1 aromatic rings. The van der Waals surface area contributed by atoms with Crippen LogP contribution in [0.5, 0.6) is 5.75 Å². The number of likely N-dealkylation sites (N-methyl/N-ethyl adjacent to an activating group) is 1. The Morgan fingerprint density at radius 2 is 2.24 bits per heavy atom. The molecule has 0 aliphatic rings. The number of nitrogens with zero attached hydrogens (tertiary/aromatic N) is 1. The average Bonchev–Trinajstić information content (AvgIpc) is 2.35. The predicted molar refractivity (Wildman–Crippen MR) is 63.1 cm³/mol.